The summed E-state index contributed by atoms with van der Waals surface area (Å²) in [6.45, 7) is 0.683. The molecule has 0 fully saturated rings. The van der Waals surface area contributed by atoms with Gasteiger partial charge in [-0.15, -0.1) is 10.2 Å². The van der Waals surface area contributed by atoms with E-state index >= 15 is 0 Å². The van der Waals surface area contributed by atoms with Crippen molar-refractivity contribution in [2.45, 2.75) is 6.54 Å². The van der Waals surface area contributed by atoms with E-state index in [0.717, 1.165) is 10.4 Å². The van der Waals surface area contributed by atoms with Gasteiger partial charge < -0.3 is 14.8 Å². The van der Waals surface area contributed by atoms with E-state index in [1.165, 1.54) is 0 Å². The molecule has 142 valence electrons. The van der Waals surface area contributed by atoms with Crippen LogP contribution in [0.4, 0.5) is 10.5 Å². The third-order valence-corrected chi connectivity index (χ3v) is 3.82. The Morgan fingerprint density at radius 3 is 2.64 bits per heavy atom. The topological polar surface area (TPSA) is 120 Å². The van der Waals surface area contributed by atoms with Crippen molar-refractivity contribution in [1.82, 2.24) is 25.5 Å². The van der Waals surface area contributed by atoms with E-state index in [4.69, 9.17) is 9.47 Å². The van der Waals surface area contributed by atoms with Gasteiger partial charge in [-0.25, -0.2) is 4.79 Å². The van der Waals surface area contributed by atoms with E-state index in [0.29, 0.717) is 36.2 Å². The number of anilines is 1. The predicted octanol–water partition coefficient (Wildman–Crippen LogP) is 1.46. The summed E-state index contributed by atoms with van der Waals surface area (Å²) in [5.41, 5.74) is 1.25. The smallest absolute Gasteiger partial charge is 0.325 e. The number of nitrogens with one attached hydrogen (secondary N) is 2. The lowest BCUT2D eigenvalue weighted by molar-refractivity contribution is -0.120. The van der Waals surface area contributed by atoms with Crippen molar-refractivity contribution in [3.05, 3.63) is 48.5 Å². The highest BCUT2D eigenvalue weighted by molar-refractivity contribution is 6.01. The van der Waals surface area contributed by atoms with Crippen molar-refractivity contribution < 1.29 is 19.1 Å². The number of carbonyl (C=O) groups excluding carboxylic acids is 2. The van der Waals surface area contributed by atoms with Gasteiger partial charge in [0.2, 0.25) is 5.82 Å². The van der Waals surface area contributed by atoms with Gasteiger partial charge in [0, 0.05) is 17.3 Å². The van der Waals surface area contributed by atoms with Crippen molar-refractivity contribution >= 4 is 17.6 Å². The van der Waals surface area contributed by atoms with Gasteiger partial charge in [0.05, 0.1) is 0 Å². The summed E-state index contributed by atoms with van der Waals surface area (Å²) in [4.78, 5) is 25.2. The van der Waals surface area contributed by atoms with Crippen molar-refractivity contribution in [3.63, 3.8) is 0 Å². The number of aromatic nitrogens is 4. The quantitative estimate of drug-likeness (QED) is 0.703. The lowest BCUT2D eigenvalue weighted by Gasteiger charge is -2.19. The van der Waals surface area contributed by atoms with Gasteiger partial charge in [-0.1, -0.05) is 30.3 Å². The number of amides is 3. The van der Waals surface area contributed by atoms with E-state index in [1.54, 1.807) is 18.2 Å². The molecule has 1 aromatic heterocycles. The molecule has 0 saturated heterocycles. The number of fused-ring (bicyclic) bond motifs is 1. The summed E-state index contributed by atoms with van der Waals surface area (Å²) >= 11 is 0. The number of nitrogens with zero attached hydrogens (tertiary/aromatic N) is 4. The number of rotatable bonds is 4. The van der Waals surface area contributed by atoms with Gasteiger partial charge in [-0.2, -0.15) is 4.80 Å². The number of urea groups is 1. The van der Waals surface area contributed by atoms with Crippen LogP contribution in [-0.2, 0) is 11.3 Å². The van der Waals surface area contributed by atoms with Crippen LogP contribution in [0.15, 0.2) is 48.5 Å². The molecule has 2 aromatic carbocycles. The molecule has 28 heavy (non-hydrogen) atoms. The Bertz CT molecular complexity index is 1000. The summed E-state index contributed by atoms with van der Waals surface area (Å²) in [6.07, 6.45) is 0. The zero-order valence-electron chi connectivity index (χ0n) is 14.7. The normalized spacial score (nSPS) is 12.3. The second kappa shape index (κ2) is 7.74. The van der Waals surface area contributed by atoms with Crippen LogP contribution in [0.1, 0.15) is 0 Å². The summed E-state index contributed by atoms with van der Waals surface area (Å²) in [6, 6.07) is 13.6. The number of benzene rings is 2. The minimum atomic E-state index is -0.676. The molecule has 0 saturated carbocycles. The third kappa shape index (κ3) is 4.06. The molecule has 10 heteroatoms. The summed E-state index contributed by atoms with van der Waals surface area (Å²) in [7, 11) is 0. The first-order valence-electron chi connectivity index (χ1n) is 8.51. The van der Waals surface area contributed by atoms with Gasteiger partial charge in [-0.3, -0.25) is 10.1 Å². The highest BCUT2D eigenvalue weighted by Gasteiger charge is 2.15. The van der Waals surface area contributed by atoms with Crippen molar-refractivity contribution in [2.75, 3.05) is 18.5 Å². The average molecular weight is 380 g/mol. The predicted molar refractivity (Wildman–Crippen MR) is 97.8 cm³/mol. The van der Waals surface area contributed by atoms with Crippen molar-refractivity contribution in [3.8, 4) is 22.9 Å². The molecular formula is C18H16N6O4. The first-order chi connectivity index (χ1) is 13.7. The molecule has 0 spiro atoms. The van der Waals surface area contributed by atoms with Crippen LogP contribution in [0, 0.1) is 0 Å². The van der Waals surface area contributed by atoms with Gasteiger partial charge in [-0.05, 0) is 17.3 Å². The van der Waals surface area contributed by atoms with Crippen LogP contribution in [-0.4, -0.2) is 45.4 Å². The van der Waals surface area contributed by atoms with Crippen LogP contribution in [0.2, 0.25) is 0 Å². The Labute approximate surface area is 159 Å². The van der Waals surface area contributed by atoms with E-state index in [2.05, 4.69) is 26.0 Å². The second-order valence-electron chi connectivity index (χ2n) is 5.87. The fourth-order valence-corrected chi connectivity index (χ4v) is 2.59. The van der Waals surface area contributed by atoms with Crippen LogP contribution in [0.5, 0.6) is 11.5 Å². The average Bonchev–Trinajstić information content (AvgIpc) is 3.16. The standard InChI is InChI=1S/C18H16N6O4/c25-16(11-24-22-17(21-23-24)12-4-2-1-3-5-12)20-18(26)19-13-6-7-14-15(10-13)28-9-8-27-14/h1-7,10H,8-9,11H2,(H2,19,20,25,26). The minimum absolute atomic E-state index is 0.242. The minimum Gasteiger partial charge on any atom is -0.486 e. The zero-order valence-corrected chi connectivity index (χ0v) is 14.7. The first kappa shape index (κ1) is 17.5. The number of imide groups is 1. The van der Waals surface area contributed by atoms with E-state index in [-0.39, 0.29) is 6.54 Å². The lowest BCUT2D eigenvalue weighted by Crippen LogP contribution is -2.37. The Balaban J connectivity index is 1.32. The van der Waals surface area contributed by atoms with E-state index < -0.39 is 11.9 Å². The Kier molecular flexibility index (Phi) is 4.83. The molecule has 3 aromatic rings. The molecule has 2 N–H and O–H groups in total. The number of tetrazole rings is 1. The lowest BCUT2D eigenvalue weighted by atomic mass is 10.2. The summed E-state index contributed by atoms with van der Waals surface area (Å²) < 4.78 is 10.9. The zero-order chi connectivity index (χ0) is 19.3. The monoisotopic (exact) mass is 380 g/mol. The van der Waals surface area contributed by atoms with Crippen molar-refractivity contribution in [2.24, 2.45) is 0 Å². The highest BCUT2D eigenvalue weighted by atomic mass is 16.6. The highest BCUT2D eigenvalue weighted by Crippen LogP contribution is 2.32. The van der Waals surface area contributed by atoms with Crippen LogP contribution in [0.3, 0.4) is 0 Å². The van der Waals surface area contributed by atoms with Crippen LogP contribution < -0.4 is 20.1 Å². The first-order valence-corrected chi connectivity index (χ1v) is 8.51. The van der Waals surface area contributed by atoms with Gasteiger partial charge in [0.15, 0.2) is 11.5 Å². The van der Waals surface area contributed by atoms with Gasteiger partial charge >= 0.3 is 6.03 Å². The Morgan fingerprint density at radius 2 is 1.82 bits per heavy atom. The van der Waals surface area contributed by atoms with Crippen LogP contribution >= 0.6 is 0 Å². The maximum Gasteiger partial charge on any atom is 0.325 e. The molecule has 0 radical (unpaired) electrons. The molecule has 4 rings (SSSR count). The molecule has 1 aliphatic heterocycles. The molecule has 1 aliphatic rings. The van der Waals surface area contributed by atoms with E-state index in [9.17, 15) is 9.59 Å². The van der Waals surface area contributed by atoms with Crippen molar-refractivity contribution in [1.29, 1.82) is 0 Å². The van der Waals surface area contributed by atoms with Crippen LogP contribution in [0.25, 0.3) is 11.4 Å². The summed E-state index contributed by atoms with van der Waals surface area (Å²) in [5.74, 6) is 0.969. The van der Waals surface area contributed by atoms with Gasteiger partial charge in [0.25, 0.3) is 5.91 Å². The molecule has 0 atom stereocenters. The van der Waals surface area contributed by atoms with E-state index in [1.807, 2.05) is 30.3 Å². The number of hydrogen-bond donors (Lipinski definition) is 2. The molecule has 10 nitrogen and oxygen atoms in total. The number of ether oxygens (including phenoxy) is 2. The Morgan fingerprint density at radius 1 is 1.04 bits per heavy atom. The third-order valence-electron chi connectivity index (χ3n) is 3.82. The largest absolute Gasteiger partial charge is 0.486 e. The molecule has 0 unspecified atom stereocenters. The fraction of sp³-hybridized carbons (Fsp3) is 0.167. The SMILES string of the molecule is O=C(Cn1nnc(-c2ccccc2)n1)NC(=O)Nc1ccc2c(c1)OCCO2. The molecule has 0 bridgehead atoms. The molecule has 3 amide bonds. The summed E-state index contributed by atoms with van der Waals surface area (Å²) in [5, 5.41) is 16.6. The molecule has 2 heterocycles. The van der Waals surface area contributed by atoms with Gasteiger partial charge in [0.1, 0.15) is 19.8 Å². The Hall–Kier alpha value is -3.95. The number of carbonyl (C=O) groups is 2. The molecule has 0 aliphatic carbocycles. The maximum absolute atomic E-state index is 12.0. The maximum atomic E-state index is 12.0. The number of hydrogen-bond acceptors (Lipinski definition) is 7. The molecular weight excluding hydrogens is 364 g/mol. The fourth-order valence-electron chi connectivity index (χ4n) is 2.59. The second-order valence-corrected chi connectivity index (χ2v) is 5.87.